The molecule has 9 aromatic rings. The number of benzene rings is 4. The molecule has 0 spiro atoms. The predicted octanol–water partition coefficient (Wildman–Crippen LogP) is 11.0. The Hall–Kier alpha value is -3.68. The quantitative estimate of drug-likeness (QED) is 0.212. The molecule has 0 unspecified atom stereocenters. The van der Waals surface area contributed by atoms with Crippen molar-refractivity contribution >= 4 is 107 Å². The fourth-order valence-electron chi connectivity index (χ4n) is 5.33. The van der Waals surface area contributed by atoms with Crippen LogP contribution in [0, 0.1) is 0 Å². The number of thiophene rings is 4. The molecule has 0 radical (unpaired) electrons. The van der Waals surface area contributed by atoms with Gasteiger partial charge < -0.3 is 0 Å². The maximum absolute atomic E-state index is 4.84. The standard InChI is InChI=1S/C32H16N2S4/c1-3-35-27-9-21-7-23-13-31(37-29(23)11-19(21)5-17(1)27)25-15-34-26(16-33-25)32-14-24-8-22-10-28-18(2-4-36-28)6-20(22)12-30(24)38-32/h1-16H. The molecule has 0 aliphatic rings. The zero-order valence-electron chi connectivity index (χ0n) is 19.8. The molecule has 0 saturated heterocycles. The molecule has 9 rings (SSSR count). The number of nitrogens with zero attached hydrogens (tertiary/aromatic N) is 2. The SMILES string of the molecule is c1cc2cc3cc4sc(-c5cnc(-c6cc7cc8cc9sccc9cc8cc7s6)cn5)cc4cc3cc2s1. The first-order valence-corrected chi connectivity index (χ1v) is 15.6. The highest BCUT2D eigenvalue weighted by molar-refractivity contribution is 7.22. The Bertz CT molecular complexity index is 2050. The summed E-state index contributed by atoms with van der Waals surface area (Å²) >= 11 is 7.16. The molecule has 0 aliphatic carbocycles. The first kappa shape index (κ1) is 21.3. The fraction of sp³-hybridized carbons (Fsp3) is 0. The summed E-state index contributed by atoms with van der Waals surface area (Å²) in [5.74, 6) is 0. The van der Waals surface area contributed by atoms with Crippen LogP contribution < -0.4 is 0 Å². The molecule has 0 N–H and O–H groups in total. The second-order valence-corrected chi connectivity index (χ2v) is 13.7. The monoisotopic (exact) mass is 556 g/mol. The van der Waals surface area contributed by atoms with Crippen LogP contribution in [0.1, 0.15) is 0 Å². The molecule has 0 fully saturated rings. The summed E-state index contributed by atoms with van der Waals surface area (Å²) in [6.07, 6.45) is 3.84. The Balaban J connectivity index is 1.09. The van der Waals surface area contributed by atoms with Crippen molar-refractivity contribution in [3.05, 3.63) is 96.0 Å². The molecular formula is C32H16N2S4. The lowest BCUT2D eigenvalue weighted by Crippen LogP contribution is -1.85. The van der Waals surface area contributed by atoms with Gasteiger partial charge in [0, 0.05) is 18.8 Å². The average Bonchev–Trinajstić information content (AvgIpc) is 3.73. The molecule has 4 aromatic carbocycles. The van der Waals surface area contributed by atoms with Crippen LogP contribution in [0.4, 0.5) is 0 Å². The van der Waals surface area contributed by atoms with Crippen molar-refractivity contribution in [1.29, 1.82) is 0 Å². The number of fused-ring (bicyclic) bond motifs is 6. The second-order valence-electron chi connectivity index (χ2n) is 9.60. The average molecular weight is 557 g/mol. The molecular weight excluding hydrogens is 541 g/mol. The Labute approximate surface area is 233 Å². The van der Waals surface area contributed by atoms with Crippen molar-refractivity contribution in [3.63, 3.8) is 0 Å². The van der Waals surface area contributed by atoms with Crippen LogP contribution in [0.25, 0.3) is 83.0 Å². The van der Waals surface area contributed by atoms with Crippen molar-refractivity contribution in [2.24, 2.45) is 0 Å². The highest BCUT2D eigenvalue weighted by atomic mass is 32.1. The highest BCUT2D eigenvalue weighted by Gasteiger charge is 2.12. The highest BCUT2D eigenvalue weighted by Crippen LogP contribution is 2.39. The van der Waals surface area contributed by atoms with Crippen LogP contribution in [0.3, 0.4) is 0 Å². The van der Waals surface area contributed by atoms with Gasteiger partial charge in [0.25, 0.3) is 0 Å². The second kappa shape index (κ2) is 7.91. The van der Waals surface area contributed by atoms with Crippen LogP contribution in [0.5, 0.6) is 0 Å². The maximum atomic E-state index is 4.84. The van der Waals surface area contributed by atoms with Gasteiger partial charge in [0.1, 0.15) is 0 Å². The largest absolute Gasteiger partial charge is 0.251 e. The van der Waals surface area contributed by atoms with Crippen LogP contribution in [0.15, 0.2) is 96.0 Å². The molecule has 6 heteroatoms. The van der Waals surface area contributed by atoms with Crippen molar-refractivity contribution in [2.45, 2.75) is 0 Å². The predicted molar refractivity (Wildman–Crippen MR) is 169 cm³/mol. The summed E-state index contributed by atoms with van der Waals surface area (Å²) in [7, 11) is 0. The summed E-state index contributed by atoms with van der Waals surface area (Å²) < 4.78 is 5.24. The van der Waals surface area contributed by atoms with Crippen LogP contribution >= 0.6 is 45.3 Å². The molecule has 2 nitrogen and oxygen atoms in total. The summed E-state index contributed by atoms with van der Waals surface area (Å²) in [6.45, 7) is 0. The lowest BCUT2D eigenvalue weighted by atomic mass is 10.1. The van der Waals surface area contributed by atoms with Gasteiger partial charge in [0.15, 0.2) is 0 Å². The third kappa shape index (κ3) is 3.28. The Morgan fingerprint density at radius 1 is 0.395 bits per heavy atom. The summed E-state index contributed by atoms with van der Waals surface area (Å²) in [6, 6.07) is 27.3. The minimum atomic E-state index is 0.923. The Kier molecular flexibility index (Phi) is 4.43. The van der Waals surface area contributed by atoms with E-state index >= 15 is 0 Å². The Morgan fingerprint density at radius 3 is 1.26 bits per heavy atom. The lowest BCUT2D eigenvalue weighted by Gasteiger charge is -1.99. The third-order valence-corrected chi connectivity index (χ3v) is 11.3. The van der Waals surface area contributed by atoms with Gasteiger partial charge in [-0.15, -0.1) is 45.3 Å². The third-order valence-electron chi connectivity index (χ3n) is 7.25. The van der Waals surface area contributed by atoms with E-state index in [-0.39, 0.29) is 0 Å². The topological polar surface area (TPSA) is 25.8 Å². The van der Waals surface area contributed by atoms with Gasteiger partial charge in [-0.3, -0.25) is 9.97 Å². The normalized spacial score (nSPS) is 12.2. The van der Waals surface area contributed by atoms with Gasteiger partial charge in [-0.2, -0.15) is 0 Å². The van der Waals surface area contributed by atoms with E-state index in [0.29, 0.717) is 0 Å². The van der Waals surface area contributed by atoms with E-state index in [1.165, 1.54) is 61.9 Å². The van der Waals surface area contributed by atoms with Gasteiger partial charge in [-0.1, -0.05) is 0 Å². The van der Waals surface area contributed by atoms with E-state index in [1.807, 2.05) is 12.4 Å². The lowest BCUT2D eigenvalue weighted by molar-refractivity contribution is 1.22. The molecule has 38 heavy (non-hydrogen) atoms. The summed E-state index contributed by atoms with van der Waals surface area (Å²) in [4.78, 5) is 12.0. The van der Waals surface area contributed by atoms with Gasteiger partial charge in [-0.05, 0) is 127 Å². The van der Waals surface area contributed by atoms with Crippen LogP contribution in [-0.2, 0) is 0 Å². The minimum absolute atomic E-state index is 0.923. The van der Waals surface area contributed by atoms with Crippen LogP contribution in [-0.4, -0.2) is 9.97 Å². The number of aromatic nitrogens is 2. The van der Waals surface area contributed by atoms with Crippen molar-refractivity contribution < 1.29 is 0 Å². The van der Waals surface area contributed by atoms with E-state index in [2.05, 4.69) is 83.6 Å². The van der Waals surface area contributed by atoms with E-state index in [1.54, 1.807) is 45.3 Å². The van der Waals surface area contributed by atoms with Crippen molar-refractivity contribution in [1.82, 2.24) is 9.97 Å². The van der Waals surface area contributed by atoms with Crippen molar-refractivity contribution in [3.8, 4) is 21.1 Å². The van der Waals surface area contributed by atoms with E-state index in [4.69, 9.17) is 9.97 Å². The molecule has 0 aliphatic heterocycles. The van der Waals surface area contributed by atoms with Gasteiger partial charge >= 0.3 is 0 Å². The molecule has 178 valence electrons. The zero-order valence-corrected chi connectivity index (χ0v) is 23.0. The van der Waals surface area contributed by atoms with E-state index in [9.17, 15) is 0 Å². The van der Waals surface area contributed by atoms with Crippen LogP contribution in [0.2, 0.25) is 0 Å². The molecule has 5 heterocycles. The van der Waals surface area contributed by atoms with E-state index in [0.717, 1.165) is 21.1 Å². The number of hydrogen-bond donors (Lipinski definition) is 0. The van der Waals surface area contributed by atoms with Gasteiger partial charge in [0.05, 0.1) is 33.5 Å². The smallest absolute Gasteiger partial charge is 0.0985 e. The molecule has 0 atom stereocenters. The first-order chi connectivity index (χ1) is 18.7. The first-order valence-electron chi connectivity index (χ1n) is 12.3. The van der Waals surface area contributed by atoms with Gasteiger partial charge in [-0.25, -0.2) is 0 Å². The molecule has 0 bridgehead atoms. The minimum Gasteiger partial charge on any atom is -0.251 e. The fourth-order valence-corrected chi connectivity index (χ4v) is 9.08. The number of rotatable bonds is 2. The molecule has 5 aromatic heterocycles. The zero-order chi connectivity index (χ0) is 24.8. The maximum Gasteiger partial charge on any atom is 0.0985 e. The summed E-state index contributed by atoms with van der Waals surface area (Å²) in [5, 5.41) is 14.6. The van der Waals surface area contributed by atoms with E-state index < -0.39 is 0 Å². The Morgan fingerprint density at radius 2 is 0.816 bits per heavy atom. The van der Waals surface area contributed by atoms with Crippen molar-refractivity contribution in [2.75, 3.05) is 0 Å². The summed E-state index contributed by atoms with van der Waals surface area (Å²) in [5.41, 5.74) is 1.85. The van der Waals surface area contributed by atoms with Gasteiger partial charge in [0.2, 0.25) is 0 Å². The molecule has 0 saturated carbocycles. The molecule has 0 amide bonds. The number of hydrogen-bond acceptors (Lipinski definition) is 6.